The summed E-state index contributed by atoms with van der Waals surface area (Å²) in [6.07, 6.45) is 8.74. The zero-order valence-corrected chi connectivity index (χ0v) is 23.0. The van der Waals surface area contributed by atoms with Gasteiger partial charge >= 0.3 is 5.97 Å². The van der Waals surface area contributed by atoms with Crippen molar-refractivity contribution in [2.24, 2.45) is 5.92 Å². The molecule has 1 aromatic carbocycles. The number of rotatable bonds is 11. The van der Waals surface area contributed by atoms with E-state index in [1.807, 2.05) is 18.2 Å². The van der Waals surface area contributed by atoms with Crippen molar-refractivity contribution in [3.8, 4) is 0 Å². The molecular formula is C31H43N5O3. The van der Waals surface area contributed by atoms with Crippen LogP contribution in [0.15, 0.2) is 42.5 Å². The summed E-state index contributed by atoms with van der Waals surface area (Å²) in [5.41, 5.74) is 3.65. The Morgan fingerprint density at radius 1 is 1.08 bits per heavy atom. The number of fused-ring (bicyclic) bond motifs is 1. The normalized spacial score (nSPS) is 22.6. The van der Waals surface area contributed by atoms with Gasteiger partial charge in [-0.3, -0.25) is 9.69 Å². The van der Waals surface area contributed by atoms with Crippen LogP contribution in [0.25, 0.3) is 0 Å². The maximum absolute atomic E-state index is 13.2. The lowest BCUT2D eigenvalue weighted by Crippen LogP contribution is -2.53. The number of carbonyl (C=O) groups is 2. The van der Waals surface area contributed by atoms with Crippen LogP contribution < -0.4 is 10.6 Å². The molecule has 4 heterocycles. The molecule has 3 N–H and O–H groups in total. The Labute approximate surface area is 232 Å². The number of carboxylic acids is 1. The van der Waals surface area contributed by atoms with E-state index in [9.17, 15) is 14.7 Å². The van der Waals surface area contributed by atoms with Crippen molar-refractivity contribution in [3.63, 3.8) is 0 Å². The highest BCUT2D eigenvalue weighted by Gasteiger charge is 2.32. The third-order valence-corrected chi connectivity index (χ3v) is 8.62. The van der Waals surface area contributed by atoms with Gasteiger partial charge in [-0.15, -0.1) is 0 Å². The fourth-order valence-electron chi connectivity index (χ4n) is 6.34. The van der Waals surface area contributed by atoms with Crippen LogP contribution in [-0.2, 0) is 29.0 Å². The molecule has 1 aromatic heterocycles. The predicted octanol–water partition coefficient (Wildman–Crippen LogP) is 3.71. The van der Waals surface area contributed by atoms with Gasteiger partial charge < -0.3 is 20.6 Å². The quantitative estimate of drug-likeness (QED) is 0.405. The molecule has 3 aliphatic rings. The van der Waals surface area contributed by atoms with Gasteiger partial charge in [-0.2, -0.15) is 0 Å². The van der Waals surface area contributed by atoms with Crippen molar-refractivity contribution in [1.29, 1.82) is 0 Å². The number of pyridine rings is 1. The summed E-state index contributed by atoms with van der Waals surface area (Å²) >= 11 is 0. The first-order valence-corrected chi connectivity index (χ1v) is 14.8. The van der Waals surface area contributed by atoms with Crippen molar-refractivity contribution in [1.82, 2.24) is 20.1 Å². The summed E-state index contributed by atoms with van der Waals surface area (Å²) < 4.78 is 0. The van der Waals surface area contributed by atoms with E-state index in [1.165, 1.54) is 17.5 Å². The maximum atomic E-state index is 13.2. The number of anilines is 1. The van der Waals surface area contributed by atoms with Gasteiger partial charge in [-0.25, -0.2) is 9.78 Å². The molecule has 2 aromatic rings. The molecule has 210 valence electrons. The van der Waals surface area contributed by atoms with Crippen LogP contribution in [-0.4, -0.2) is 76.6 Å². The number of carbonyl (C=O) groups excluding carboxylic acids is 1. The van der Waals surface area contributed by atoms with Crippen molar-refractivity contribution < 1.29 is 14.7 Å². The minimum Gasteiger partial charge on any atom is -0.480 e. The van der Waals surface area contributed by atoms with Gasteiger partial charge in [0.2, 0.25) is 5.91 Å². The van der Waals surface area contributed by atoms with Crippen molar-refractivity contribution in [2.45, 2.75) is 76.4 Å². The first-order chi connectivity index (χ1) is 19.0. The Balaban J connectivity index is 1.07. The third kappa shape index (κ3) is 7.57. The molecular weight excluding hydrogens is 490 g/mol. The van der Waals surface area contributed by atoms with Crippen molar-refractivity contribution in [2.75, 3.05) is 38.0 Å². The highest BCUT2D eigenvalue weighted by atomic mass is 16.4. The molecule has 0 saturated carbocycles. The minimum absolute atomic E-state index is 0.149. The second-order valence-electron chi connectivity index (χ2n) is 11.5. The predicted molar refractivity (Wildman–Crippen MR) is 153 cm³/mol. The van der Waals surface area contributed by atoms with Gasteiger partial charge in [0, 0.05) is 31.9 Å². The van der Waals surface area contributed by atoms with Crippen LogP contribution in [0.1, 0.15) is 61.8 Å². The van der Waals surface area contributed by atoms with Gasteiger partial charge in [0.15, 0.2) is 0 Å². The largest absolute Gasteiger partial charge is 0.480 e. The lowest BCUT2D eigenvalue weighted by molar-refractivity contribution is -0.143. The van der Waals surface area contributed by atoms with Gasteiger partial charge in [0.05, 0.1) is 6.04 Å². The summed E-state index contributed by atoms with van der Waals surface area (Å²) in [5.74, 6) is 0.563. The topological polar surface area (TPSA) is 97.8 Å². The summed E-state index contributed by atoms with van der Waals surface area (Å²) in [5, 5.41) is 16.2. The standard InChI is InChI=1S/C31H43N5O3/c37-30(28-10-4-5-18-36(28)22-23-7-2-1-3-8-23)34-27(31(38)39)16-20-35-19-15-24(21-35)11-13-26-14-12-25-9-6-17-32-29(25)33-26/h1-3,7-8,12,14,24,27-28H,4-6,9-11,13,15-22H2,(H,32,33)(H,34,37)(H,38,39)/t24-,27?,28+/m1/s1. The van der Waals surface area contributed by atoms with Crippen molar-refractivity contribution in [3.05, 3.63) is 59.3 Å². The van der Waals surface area contributed by atoms with E-state index in [-0.39, 0.29) is 11.9 Å². The summed E-state index contributed by atoms with van der Waals surface area (Å²) in [4.78, 5) is 34.7. The fraction of sp³-hybridized carbons (Fsp3) is 0.581. The van der Waals surface area contributed by atoms with E-state index in [0.29, 0.717) is 25.4 Å². The number of hydrogen-bond acceptors (Lipinski definition) is 6. The summed E-state index contributed by atoms with van der Waals surface area (Å²) in [6, 6.07) is 13.4. The number of carboxylic acid groups (broad SMARTS) is 1. The van der Waals surface area contributed by atoms with Crippen molar-refractivity contribution >= 4 is 17.7 Å². The number of aliphatic carboxylic acids is 1. The molecule has 0 radical (unpaired) electrons. The van der Waals surface area contributed by atoms with Crippen LogP contribution in [0.2, 0.25) is 0 Å². The van der Waals surface area contributed by atoms with Crippen LogP contribution in [0.4, 0.5) is 5.82 Å². The molecule has 2 fully saturated rings. The molecule has 39 heavy (non-hydrogen) atoms. The van der Waals surface area contributed by atoms with E-state index in [1.54, 1.807) is 0 Å². The average Bonchev–Trinajstić information content (AvgIpc) is 3.42. The fourth-order valence-corrected chi connectivity index (χ4v) is 6.34. The summed E-state index contributed by atoms with van der Waals surface area (Å²) in [7, 11) is 0. The Morgan fingerprint density at radius 2 is 1.95 bits per heavy atom. The van der Waals surface area contributed by atoms with E-state index >= 15 is 0 Å². The molecule has 1 unspecified atom stereocenters. The van der Waals surface area contributed by atoms with Crippen LogP contribution in [0, 0.1) is 5.92 Å². The molecule has 5 rings (SSSR count). The Bertz CT molecular complexity index is 1110. The van der Waals surface area contributed by atoms with Gasteiger partial charge in [0.25, 0.3) is 0 Å². The van der Waals surface area contributed by atoms with E-state index in [2.05, 4.69) is 44.7 Å². The molecule has 2 saturated heterocycles. The highest BCUT2D eigenvalue weighted by molar-refractivity contribution is 5.87. The number of benzene rings is 1. The second-order valence-corrected chi connectivity index (χ2v) is 11.5. The Hall–Kier alpha value is -2.97. The lowest BCUT2D eigenvalue weighted by atomic mass is 9.99. The number of hydrogen-bond donors (Lipinski definition) is 3. The molecule has 0 bridgehead atoms. The highest BCUT2D eigenvalue weighted by Crippen LogP contribution is 2.25. The van der Waals surface area contributed by atoms with Gasteiger partial charge in [-0.05, 0) is 87.6 Å². The lowest BCUT2D eigenvalue weighted by Gasteiger charge is -2.35. The van der Waals surface area contributed by atoms with E-state index in [4.69, 9.17) is 4.98 Å². The van der Waals surface area contributed by atoms with E-state index < -0.39 is 12.0 Å². The number of piperidine rings is 1. The molecule has 3 atom stereocenters. The molecule has 8 nitrogen and oxygen atoms in total. The second kappa shape index (κ2) is 13.4. The molecule has 0 spiro atoms. The number of aryl methyl sites for hydroxylation is 2. The zero-order chi connectivity index (χ0) is 27.0. The van der Waals surface area contributed by atoms with Crippen LogP contribution in [0.5, 0.6) is 0 Å². The molecule has 3 aliphatic heterocycles. The number of nitrogens with one attached hydrogen (secondary N) is 2. The summed E-state index contributed by atoms with van der Waals surface area (Å²) in [6.45, 7) is 5.23. The Morgan fingerprint density at radius 3 is 2.79 bits per heavy atom. The van der Waals surface area contributed by atoms with E-state index in [0.717, 1.165) is 82.6 Å². The van der Waals surface area contributed by atoms with Crippen LogP contribution >= 0.6 is 0 Å². The zero-order valence-electron chi connectivity index (χ0n) is 23.0. The number of nitrogens with zero attached hydrogens (tertiary/aromatic N) is 3. The van der Waals surface area contributed by atoms with Gasteiger partial charge in [-0.1, -0.05) is 42.8 Å². The van der Waals surface area contributed by atoms with Gasteiger partial charge in [0.1, 0.15) is 11.9 Å². The first-order valence-electron chi connectivity index (χ1n) is 14.8. The maximum Gasteiger partial charge on any atom is 0.326 e. The average molecular weight is 534 g/mol. The Kier molecular flexibility index (Phi) is 9.48. The smallest absolute Gasteiger partial charge is 0.326 e. The number of amides is 1. The number of likely N-dealkylation sites (tertiary alicyclic amines) is 2. The number of aromatic nitrogens is 1. The molecule has 1 amide bonds. The monoisotopic (exact) mass is 533 g/mol. The third-order valence-electron chi connectivity index (χ3n) is 8.62. The SMILES string of the molecule is O=C(O)C(CCN1CC[C@@H](CCc2ccc3c(n2)NCCC3)C1)NC(=O)[C@@H]1CCCCN1Cc1ccccc1. The molecule has 0 aliphatic carbocycles. The van der Waals surface area contributed by atoms with Crippen LogP contribution in [0.3, 0.4) is 0 Å². The minimum atomic E-state index is -0.948. The molecule has 8 heteroatoms. The first kappa shape index (κ1) is 27.6.